The van der Waals surface area contributed by atoms with Gasteiger partial charge in [0.2, 0.25) is 5.91 Å². The van der Waals surface area contributed by atoms with Gasteiger partial charge >= 0.3 is 5.97 Å². The van der Waals surface area contributed by atoms with E-state index in [1.807, 2.05) is 0 Å². The van der Waals surface area contributed by atoms with Crippen molar-refractivity contribution in [1.29, 1.82) is 0 Å². The molecule has 0 spiro atoms. The molecule has 17 heavy (non-hydrogen) atoms. The van der Waals surface area contributed by atoms with Gasteiger partial charge in [0.15, 0.2) is 0 Å². The molecule has 1 amide bonds. The molecule has 0 saturated carbocycles. The summed E-state index contributed by atoms with van der Waals surface area (Å²) in [5.74, 6) is -0.226. The van der Waals surface area contributed by atoms with Crippen molar-refractivity contribution >= 4 is 23.6 Å². The van der Waals surface area contributed by atoms with Crippen LogP contribution in [0.4, 0.5) is 0 Å². The Morgan fingerprint density at radius 1 is 1.35 bits per heavy atom. The highest BCUT2D eigenvalue weighted by molar-refractivity contribution is 7.99. The molecule has 2 N–H and O–H groups in total. The molecular formula is C11H21NO4S. The Balaban J connectivity index is 4.18. The second-order valence-corrected chi connectivity index (χ2v) is 4.79. The number of carboxylic acid groups (broad SMARTS) is 1. The lowest BCUT2D eigenvalue weighted by molar-refractivity contribution is -0.147. The Kier molecular flexibility index (Phi) is 7.99. The summed E-state index contributed by atoms with van der Waals surface area (Å²) in [7, 11) is 1.60. The highest BCUT2D eigenvalue weighted by atomic mass is 32.2. The minimum absolute atomic E-state index is 0.239. The van der Waals surface area contributed by atoms with Crippen molar-refractivity contribution in [2.75, 3.05) is 25.2 Å². The topological polar surface area (TPSA) is 75.6 Å². The molecule has 0 rings (SSSR count). The molecule has 0 aliphatic carbocycles. The van der Waals surface area contributed by atoms with Crippen LogP contribution < -0.4 is 5.32 Å². The van der Waals surface area contributed by atoms with Crippen LogP contribution in [0.25, 0.3) is 0 Å². The molecule has 0 aromatic heterocycles. The maximum Gasteiger partial charge on any atom is 0.329 e. The van der Waals surface area contributed by atoms with Crippen LogP contribution in [0.15, 0.2) is 0 Å². The van der Waals surface area contributed by atoms with E-state index in [4.69, 9.17) is 9.84 Å². The standard InChI is InChI=1S/C11H21NO4S/c1-4-11(5-2,10(14)15)12-9(13)8-17-7-6-16-3/h4-8H2,1-3H3,(H,12,13)(H,14,15). The number of carbonyl (C=O) groups excluding carboxylic acids is 1. The maximum atomic E-state index is 11.6. The SMILES string of the molecule is CCC(CC)(NC(=O)CSCCOC)C(=O)O. The monoisotopic (exact) mass is 263 g/mol. The molecule has 0 radical (unpaired) electrons. The van der Waals surface area contributed by atoms with Crippen molar-refractivity contribution in [3.63, 3.8) is 0 Å². The van der Waals surface area contributed by atoms with Crippen LogP contribution in [0.5, 0.6) is 0 Å². The predicted molar refractivity (Wildman–Crippen MR) is 68.3 cm³/mol. The lowest BCUT2D eigenvalue weighted by atomic mass is 9.93. The molecule has 0 atom stereocenters. The molecule has 0 unspecified atom stereocenters. The zero-order chi connectivity index (χ0) is 13.3. The molecule has 0 aliphatic rings. The van der Waals surface area contributed by atoms with Crippen LogP contribution in [0.2, 0.25) is 0 Å². The quantitative estimate of drug-likeness (QED) is 0.610. The van der Waals surface area contributed by atoms with E-state index >= 15 is 0 Å². The number of amides is 1. The normalized spacial score (nSPS) is 11.2. The highest BCUT2D eigenvalue weighted by Gasteiger charge is 2.36. The number of hydrogen-bond donors (Lipinski definition) is 2. The first kappa shape index (κ1) is 16.2. The molecule has 0 saturated heterocycles. The van der Waals surface area contributed by atoms with E-state index in [1.165, 1.54) is 11.8 Å². The Morgan fingerprint density at radius 3 is 2.35 bits per heavy atom. The number of nitrogens with one attached hydrogen (secondary N) is 1. The molecule has 100 valence electrons. The van der Waals surface area contributed by atoms with Crippen molar-refractivity contribution in [1.82, 2.24) is 5.32 Å². The van der Waals surface area contributed by atoms with Crippen molar-refractivity contribution in [2.45, 2.75) is 32.2 Å². The van der Waals surface area contributed by atoms with Gasteiger partial charge in [-0.05, 0) is 12.8 Å². The first-order valence-electron chi connectivity index (χ1n) is 5.63. The third-order valence-electron chi connectivity index (χ3n) is 2.66. The minimum Gasteiger partial charge on any atom is -0.480 e. The summed E-state index contributed by atoms with van der Waals surface area (Å²) in [6.07, 6.45) is 0.765. The molecule has 5 nitrogen and oxygen atoms in total. The van der Waals surface area contributed by atoms with Gasteiger partial charge in [-0.2, -0.15) is 0 Å². The predicted octanol–water partition coefficient (Wildman–Crippen LogP) is 1.13. The summed E-state index contributed by atoms with van der Waals surface area (Å²) in [4.78, 5) is 22.8. The zero-order valence-electron chi connectivity index (χ0n) is 10.6. The second kappa shape index (κ2) is 8.36. The number of carbonyl (C=O) groups is 2. The van der Waals surface area contributed by atoms with Gasteiger partial charge in [-0.1, -0.05) is 13.8 Å². The third kappa shape index (κ3) is 5.41. The van der Waals surface area contributed by atoms with Crippen molar-refractivity contribution in [3.8, 4) is 0 Å². The molecule has 0 aromatic rings. The van der Waals surface area contributed by atoms with Gasteiger partial charge in [-0.25, -0.2) is 4.79 Å². The van der Waals surface area contributed by atoms with E-state index < -0.39 is 11.5 Å². The fraction of sp³-hybridized carbons (Fsp3) is 0.818. The molecule has 0 fully saturated rings. The van der Waals surface area contributed by atoms with Crippen molar-refractivity contribution in [3.05, 3.63) is 0 Å². The Hall–Kier alpha value is -0.750. The number of carboxylic acids is 1. The van der Waals surface area contributed by atoms with E-state index in [1.54, 1.807) is 21.0 Å². The van der Waals surface area contributed by atoms with E-state index in [2.05, 4.69) is 5.32 Å². The van der Waals surface area contributed by atoms with Crippen LogP contribution in [0, 0.1) is 0 Å². The highest BCUT2D eigenvalue weighted by Crippen LogP contribution is 2.15. The first-order valence-corrected chi connectivity index (χ1v) is 6.79. The van der Waals surface area contributed by atoms with Crippen LogP contribution in [0.3, 0.4) is 0 Å². The molecule has 0 heterocycles. The molecule has 0 aliphatic heterocycles. The largest absolute Gasteiger partial charge is 0.480 e. The van der Waals surface area contributed by atoms with Crippen LogP contribution in [-0.4, -0.2) is 47.7 Å². The van der Waals surface area contributed by atoms with Gasteiger partial charge in [0.1, 0.15) is 5.54 Å². The number of rotatable bonds is 9. The number of methoxy groups -OCH3 is 1. The van der Waals surface area contributed by atoms with Gasteiger partial charge in [0.05, 0.1) is 12.4 Å². The third-order valence-corrected chi connectivity index (χ3v) is 3.58. The lowest BCUT2D eigenvalue weighted by Gasteiger charge is -2.27. The lowest BCUT2D eigenvalue weighted by Crippen LogP contribution is -2.54. The van der Waals surface area contributed by atoms with Crippen molar-refractivity contribution in [2.24, 2.45) is 0 Å². The van der Waals surface area contributed by atoms with Gasteiger partial charge in [-0.3, -0.25) is 4.79 Å². The summed E-state index contributed by atoms with van der Waals surface area (Å²) in [6.45, 7) is 4.11. The molecule has 0 bridgehead atoms. The summed E-state index contributed by atoms with van der Waals surface area (Å²) >= 11 is 1.43. The average molecular weight is 263 g/mol. The molecular weight excluding hydrogens is 242 g/mol. The van der Waals surface area contributed by atoms with E-state index in [9.17, 15) is 9.59 Å². The Labute approximate surface area is 106 Å². The van der Waals surface area contributed by atoms with E-state index in [-0.39, 0.29) is 11.7 Å². The van der Waals surface area contributed by atoms with Gasteiger partial charge in [0, 0.05) is 12.9 Å². The fourth-order valence-electron chi connectivity index (χ4n) is 1.39. The van der Waals surface area contributed by atoms with Crippen LogP contribution in [-0.2, 0) is 14.3 Å². The second-order valence-electron chi connectivity index (χ2n) is 3.69. The van der Waals surface area contributed by atoms with Crippen LogP contribution >= 0.6 is 11.8 Å². The Bertz CT molecular complexity index is 254. The number of thioether (sulfide) groups is 1. The minimum atomic E-state index is -1.13. The molecule has 0 aromatic carbocycles. The first-order chi connectivity index (χ1) is 8.02. The van der Waals surface area contributed by atoms with Crippen LogP contribution in [0.1, 0.15) is 26.7 Å². The summed E-state index contributed by atoms with van der Waals surface area (Å²) in [6, 6.07) is 0. The summed E-state index contributed by atoms with van der Waals surface area (Å²) in [5, 5.41) is 11.7. The fourth-order valence-corrected chi connectivity index (χ4v) is 2.08. The van der Waals surface area contributed by atoms with Gasteiger partial charge < -0.3 is 15.2 Å². The van der Waals surface area contributed by atoms with Crippen molar-refractivity contribution < 1.29 is 19.4 Å². The van der Waals surface area contributed by atoms with E-state index in [0.717, 1.165) is 5.75 Å². The number of hydrogen-bond acceptors (Lipinski definition) is 4. The molecule has 6 heteroatoms. The summed E-state index contributed by atoms with van der Waals surface area (Å²) in [5.41, 5.74) is -1.13. The zero-order valence-corrected chi connectivity index (χ0v) is 11.4. The number of aliphatic carboxylic acids is 1. The number of ether oxygens (including phenoxy) is 1. The maximum absolute atomic E-state index is 11.6. The Morgan fingerprint density at radius 2 is 1.94 bits per heavy atom. The van der Waals surface area contributed by atoms with Gasteiger partial charge in [-0.15, -0.1) is 11.8 Å². The smallest absolute Gasteiger partial charge is 0.329 e. The van der Waals surface area contributed by atoms with Gasteiger partial charge in [0.25, 0.3) is 0 Å². The summed E-state index contributed by atoms with van der Waals surface area (Å²) < 4.78 is 4.86. The average Bonchev–Trinajstić information content (AvgIpc) is 2.31. The van der Waals surface area contributed by atoms with E-state index in [0.29, 0.717) is 19.4 Å².